The molecule has 2 fully saturated rings. The van der Waals surface area contributed by atoms with Crippen LogP contribution < -0.4 is 15.2 Å². The number of ether oxygens (including phenoxy) is 2. The highest BCUT2D eigenvalue weighted by Gasteiger charge is 2.44. The minimum absolute atomic E-state index is 0.0377. The third kappa shape index (κ3) is 5.22. The molecule has 1 saturated heterocycles. The molecule has 198 valence electrons. The zero-order chi connectivity index (χ0) is 25.9. The number of carbonyl (C=O) groups excluding carboxylic acids is 2. The second-order valence-corrected chi connectivity index (χ2v) is 10.8. The highest BCUT2D eigenvalue weighted by atomic mass is 32.1. The number of thiazole rings is 1. The van der Waals surface area contributed by atoms with Crippen LogP contribution in [0.2, 0.25) is 0 Å². The molecule has 5 rings (SSSR count). The molecule has 2 amide bonds. The summed E-state index contributed by atoms with van der Waals surface area (Å²) >= 11 is 1.50. The zero-order valence-electron chi connectivity index (χ0n) is 21.5. The number of hydrazone groups is 1. The topological polar surface area (TPSA) is 110 Å². The Bertz CT molecular complexity index is 1150. The van der Waals surface area contributed by atoms with Gasteiger partial charge in [-0.15, -0.1) is 11.3 Å². The first-order valence-corrected chi connectivity index (χ1v) is 14.0. The SMILES string of the molecule is COc1ccc(C2=NN(C3CCN(C(=O)[C@H](N)Cc4cscn4)CC3)C(=O)[C@@H]3CCCC[C@H]23)cc1OC. The summed E-state index contributed by atoms with van der Waals surface area (Å²) in [6.45, 7) is 1.13. The lowest BCUT2D eigenvalue weighted by Gasteiger charge is -2.43. The number of hydrogen-bond donors (Lipinski definition) is 1. The van der Waals surface area contributed by atoms with Crippen molar-refractivity contribution in [2.75, 3.05) is 27.3 Å². The molecular formula is C27H35N5O4S. The second kappa shape index (κ2) is 11.2. The number of aromatic nitrogens is 1. The molecule has 3 heterocycles. The molecule has 0 radical (unpaired) electrons. The third-order valence-electron chi connectivity index (χ3n) is 7.91. The largest absolute Gasteiger partial charge is 0.493 e. The van der Waals surface area contributed by atoms with Gasteiger partial charge in [-0.2, -0.15) is 5.10 Å². The van der Waals surface area contributed by atoms with Gasteiger partial charge < -0.3 is 20.1 Å². The lowest BCUT2D eigenvalue weighted by Crippen LogP contribution is -2.54. The number of benzene rings is 1. The molecule has 9 nitrogen and oxygen atoms in total. The predicted molar refractivity (Wildman–Crippen MR) is 142 cm³/mol. The molecule has 0 unspecified atom stereocenters. The van der Waals surface area contributed by atoms with E-state index >= 15 is 0 Å². The number of likely N-dealkylation sites (tertiary alicyclic amines) is 1. The van der Waals surface area contributed by atoms with Gasteiger partial charge in [-0.3, -0.25) is 9.59 Å². The number of rotatable bonds is 7. The van der Waals surface area contributed by atoms with Gasteiger partial charge in [-0.25, -0.2) is 9.99 Å². The van der Waals surface area contributed by atoms with E-state index in [9.17, 15) is 9.59 Å². The van der Waals surface area contributed by atoms with Gasteiger partial charge in [0.2, 0.25) is 11.8 Å². The number of carbonyl (C=O) groups is 2. The summed E-state index contributed by atoms with van der Waals surface area (Å²) in [5, 5.41) is 8.65. The molecule has 3 atom stereocenters. The van der Waals surface area contributed by atoms with Crippen LogP contribution >= 0.6 is 11.3 Å². The molecule has 2 aromatic rings. The highest BCUT2D eigenvalue weighted by Crippen LogP contribution is 2.40. The Labute approximate surface area is 221 Å². The van der Waals surface area contributed by atoms with Crippen molar-refractivity contribution in [3.8, 4) is 11.5 Å². The van der Waals surface area contributed by atoms with Gasteiger partial charge in [0.05, 0.1) is 43.2 Å². The van der Waals surface area contributed by atoms with Crippen LogP contribution in [0, 0.1) is 11.8 Å². The fourth-order valence-corrected chi connectivity index (χ4v) is 6.48. The van der Waals surface area contributed by atoms with E-state index in [1.807, 2.05) is 28.5 Å². The monoisotopic (exact) mass is 525 g/mol. The van der Waals surface area contributed by atoms with E-state index in [4.69, 9.17) is 20.3 Å². The number of fused-ring (bicyclic) bond motifs is 1. The smallest absolute Gasteiger partial charge is 0.246 e. The summed E-state index contributed by atoms with van der Waals surface area (Å²) in [5.74, 6) is 1.44. The Morgan fingerprint density at radius 3 is 2.51 bits per heavy atom. The molecule has 1 aliphatic carbocycles. The first-order chi connectivity index (χ1) is 18.0. The van der Waals surface area contributed by atoms with Crippen molar-refractivity contribution in [2.24, 2.45) is 22.7 Å². The average Bonchev–Trinajstić information content (AvgIpc) is 3.46. The standard InChI is InChI=1S/C27H35N5O4S/c1-35-23-8-7-17(13-24(23)36-2)25-20-5-3-4-6-21(20)26(33)32(30-25)19-9-11-31(12-10-19)27(34)22(28)14-18-15-37-16-29-18/h7-8,13,15-16,19-22H,3-6,9-12,14,28H2,1-2H3/t20-,21+,22+/m0/s1. The maximum atomic E-state index is 13.6. The van der Waals surface area contributed by atoms with Crippen LogP contribution in [0.25, 0.3) is 0 Å². The van der Waals surface area contributed by atoms with Crippen LogP contribution in [0.5, 0.6) is 11.5 Å². The van der Waals surface area contributed by atoms with Gasteiger partial charge >= 0.3 is 0 Å². The van der Waals surface area contributed by atoms with Gasteiger partial charge in [-0.05, 0) is 43.9 Å². The van der Waals surface area contributed by atoms with Crippen LogP contribution in [0.15, 0.2) is 34.2 Å². The van der Waals surface area contributed by atoms with Crippen molar-refractivity contribution in [1.29, 1.82) is 0 Å². The van der Waals surface area contributed by atoms with Gasteiger partial charge in [0.1, 0.15) is 0 Å². The van der Waals surface area contributed by atoms with Crippen LogP contribution in [-0.4, -0.2) is 71.8 Å². The van der Waals surface area contributed by atoms with Crippen molar-refractivity contribution in [2.45, 2.75) is 57.0 Å². The Hall–Kier alpha value is -2.98. The maximum Gasteiger partial charge on any atom is 0.246 e. The quantitative estimate of drug-likeness (QED) is 0.595. The van der Waals surface area contributed by atoms with Crippen LogP contribution in [0.3, 0.4) is 0 Å². The Balaban J connectivity index is 1.33. The van der Waals surface area contributed by atoms with Gasteiger partial charge in [-0.1, -0.05) is 12.8 Å². The molecule has 0 spiro atoms. The van der Waals surface area contributed by atoms with Crippen LogP contribution in [0.4, 0.5) is 0 Å². The summed E-state index contributed by atoms with van der Waals surface area (Å²) in [6.07, 6.45) is 5.81. The van der Waals surface area contributed by atoms with Crippen molar-refractivity contribution in [3.63, 3.8) is 0 Å². The summed E-state index contributed by atoms with van der Waals surface area (Å²) in [7, 11) is 3.25. The van der Waals surface area contributed by atoms with Crippen LogP contribution in [0.1, 0.15) is 49.8 Å². The Morgan fingerprint density at radius 2 is 1.84 bits per heavy atom. The molecule has 37 heavy (non-hydrogen) atoms. The predicted octanol–water partition coefficient (Wildman–Crippen LogP) is 3.07. The molecule has 2 aliphatic heterocycles. The average molecular weight is 526 g/mol. The molecular weight excluding hydrogens is 490 g/mol. The van der Waals surface area contributed by atoms with Crippen molar-refractivity contribution in [1.82, 2.24) is 14.9 Å². The zero-order valence-corrected chi connectivity index (χ0v) is 22.3. The summed E-state index contributed by atoms with van der Waals surface area (Å²) in [5.41, 5.74) is 10.7. The van der Waals surface area contributed by atoms with E-state index in [1.165, 1.54) is 11.3 Å². The molecule has 2 N–H and O–H groups in total. The van der Waals surface area contributed by atoms with E-state index in [0.29, 0.717) is 43.9 Å². The number of nitrogens with zero attached hydrogens (tertiary/aromatic N) is 4. The van der Waals surface area contributed by atoms with Crippen LogP contribution in [-0.2, 0) is 16.0 Å². The number of methoxy groups -OCH3 is 2. The summed E-state index contributed by atoms with van der Waals surface area (Å²) in [6, 6.07) is 5.22. The van der Waals surface area contributed by atoms with Crippen molar-refractivity contribution < 1.29 is 19.1 Å². The van der Waals surface area contributed by atoms with Crippen molar-refractivity contribution >= 4 is 28.9 Å². The summed E-state index contributed by atoms with van der Waals surface area (Å²) < 4.78 is 11.0. The molecule has 10 heteroatoms. The Morgan fingerprint density at radius 1 is 1.11 bits per heavy atom. The normalized spacial score (nSPS) is 23.3. The molecule has 1 saturated carbocycles. The number of amides is 2. The number of piperidine rings is 1. The first kappa shape index (κ1) is 25.7. The minimum Gasteiger partial charge on any atom is -0.493 e. The van der Waals surface area contributed by atoms with E-state index in [0.717, 1.165) is 42.7 Å². The highest BCUT2D eigenvalue weighted by molar-refractivity contribution is 7.07. The lowest BCUT2D eigenvalue weighted by atomic mass is 9.73. The maximum absolute atomic E-state index is 13.6. The van der Waals surface area contributed by atoms with E-state index in [1.54, 1.807) is 24.7 Å². The van der Waals surface area contributed by atoms with Crippen molar-refractivity contribution in [3.05, 3.63) is 40.3 Å². The van der Waals surface area contributed by atoms with Gasteiger partial charge in [0.25, 0.3) is 0 Å². The summed E-state index contributed by atoms with van der Waals surface area (Å²) in [4.78, 5) is 32.7. The first-order valence-electron chi connectivity index (χ1n) is 13.1. The van der Waals surface area contributed by atoms with E-state index in [-0.39, 0.29) is 29.7 Å². The van der Waals surface area contributed by atoms with Gasteiger partial charge in [0.15, 0.2) is 11.5 Å². The third-order valence-corrected chi connectivity index (χ3v) is 8.54. The molecule has 1 aromatic heterocycles. The van der Waals surface area contributed by atoms with E-state index in [2.05, 4.69) is 4.98 Å². The molecule has 1 aromatic carbocycles. The lowest BCUT2D eigenvalue weighted by molar-refractivity contribution is -0.143. The molecule has 0 bridgehead atoms. The van der Waals surface area contributed by atoms with E-state index < -0.39 is 6.04 Å². The fraction of sp³-hybridized carbons (Fsp3) is 0.556. The number of hydrogen-bond acceptors (Lipinski definition) is 8. The van der Waals surface area contributed by atoms with Gasteiger partial charge in [0, 0.05) is 42.3 Å². The molecule has 3 aliphatic rings. The number of nitrogens with two attached hydrogens (primary N) is 1. The fourth-order valence-electron chi connectivity index (χ4n) is 5.91. The minimum atomic E-state index is -0.604. The Kier molecular flexibility index (Phi) is 7.76. The second-order valence-electron chi connectivity index (χ2n) is 10.1.